The molecule has 0 saturated carbocycles. The Hall–Kier alpha value is -1.22. The van der Waals surface area contributed by atoms with Crippen molar-refractivity contribution in [2.75, 3.05) is 38.6 Å². The van der Waals surface area contributed by atoms with E-state index in [1.54, 1.807) is 0 Å². The Kier molecular flexibility index (Phi) is 2.93. The van der Waals surface area contributed by atoms with Crippen LogP contribution in [0.25, 0.3) is 0 Å². The highest BCUT2D eigenvalue weighted by Gasteiger charge is 2.20. The van der Waals surface area contributed by atoms with Crippen molar-refractivity contribution in [3.05, 3.63) is 23.8 Å². The smallest absolute Gasteiger partial charge is 0.121 e. The van der Waals surface area contributed by atoms with E-state index < -0.39 is 0 Å². The minimum Gasteiger partial charge on any atom is -0.493 e. The molecule has 1 aromatic rings. The lowest BCUT2D eigenvalue weighted by Gasteiger charge is -2.13. The minimum absolute atomic E-state index is 0.696. The molecule has 0 aliphatic carbocycles. The molecule has 0 radical (unpaired) electrons. The Labute approximate surface area is 103 Å². The molecular formula is C14H20N2O. The SMILES string of the molecule is CN1CCC(COc2ccc3c(c2)NCC3)C1. The molecule has 92 valence electrons. The molecule has 2 heterocycles. The number of hydrogen-bond acceptors (Lipinski definition) is 3. The van der Waals surface area contributed by atoms with Crippen LogP contribution < -0.4 is 10.1 Å². The van der Waals surface area contributed by atoms with Crippen LogP contribution in [0.15, 0.2) is 18.2 Å². The average molecular weight is 232 g/mol. The monoisotopic (exact) mass is 232 g/mol. The van der Waals surface area contributed by atoms with Crippen LogP contribution in [0.1, 0.15) is 12.0 Å². The van der Waals surface area contributed by atoms with E-state index >= 15 is 0 Å². The van der Waals surface area contributed by atoms with Crippen molar-refractivity contribution in [1.82, 2.24) is 4.90 Å². The molecule has 0 spiro atoms. The average Bonchev–Trinajstić information content (AvgIpc) is 2.94. The van der Waals surface area contributed by atoms with Crippen molar-refractivity contribution in [2.45, 2.75) is 12.8 Å². The van der Waals surface area contributed by atoms with Gasteiger partial charge >= 0.3 is 0 Å². The fourth-order valence-electron chi connectivity index (χ4n) is 2.74. The van der Waals surface area contributed by atoms with Crippen LogP contribution >= 0.6 is 0 Å². The number of fused-ring (bicyclic) bond motifs is 1. The Morgan fingerprint density at radius 3 is 3.24 bits per heavy atom. The number of anilines is 1. The van der Waals surface area contributed by atoms with E-state index in [-0.39, 0.29) is 0 Å². The van der Waals surface area contributed by atoms with Crippen molar-refractivity contribution < 1.29 is 4.74 Å². The summed E-state index contributed by atoms with van der Waals surface area (Å²) < 4.78 is 5.90. The maximum Gasteiger partial charge on any atom is 0.121 e. The van der Waals surface area contributed by atoms with Gasteiger partial charge in [-0.15, -0.1) is 0 Å². The van der Waals surface area contributed by atoms with Crippen molar-refractivity contribution in [3.8, 4) is 5.75 Å². The maximum absolute atomic E-state index is 5.90. The van der Waals surface area contributed by atoms with E-state index in [2.05, 4.69) is 35.5 Å². The second-order valence-electron chi connectivity index (χ2n) is 5.22. The quantitative estimate of drug-likeness (QED) is 0.862. The molecule has 3 nitrogen and oxygen atoms in total. The lowest BCUT2D eigenvalue weighted by atomic mass is 10.1. The van der Waals surface area contributed by atoms with E-state index in [1.807, 2.05) is 0 Å². The molecule has 17 heavy (non-hydrogen) atoms. The van der Waals surface area contributed by atoms with E-state index in [4.69, 9.17) is 4.74 Å². The number of benzene rings is 1. The third-order valence-electron chi connectivity index (χ3n) is 3.77. The first-order chi connectivity index (χ1) is 8.31. The predicted octanol–water partition coefficient (Wildman–Crippen LogP) is 1.99. The number of nitrogens with zero attached hydrogens (tertiary/aromatic N) is 1. The zero-order chi connectivity index (χ0) is 11.7. The lowest BCUT2D eigenvalue weighted by Crippen LogP contribution is -2.17. The zero-order valence-corrected chi connectivity index (χ0v) is 10.4. The third kappa shape index (κ3) is 2.39. The van der Waals surface area contributed by atoms with Gasteiger partial charge < -0.3 is 15.0 Å². The molecule has 0 aromatic heterocycles. The molecule has 3 rings (SSSR count). The molecule has 0 amide bonds. The molecule has 2 aliphatic rings. The Balaban J connectivity index is 1.58. The Morgan fingerprint density at radius 1 is 1.47 bits per heavy atom. The third-order valence-corrected chi connectivity index (χ3v) is 3.77. The van der Waals surface area contributed by atoms with Crippen molar-refractivity contribution in [1.29, 1.82) is 0 Å². The van der Waals surface area contributed by atoms with Gasteiger partial charge in [0.1, 0.15) is 5.75 Å². The van der Waals surface area contributed by atoms with E-state index in [0.29, 0.717) is 5.92 Å². The summed E-state index contributed by atoms with van der Waals surface area (Å²) >= 11 is 0. The minimum atomic E-state index is 0.696. The zero-order valence-electron chi connectivity index (χ0n) is 10.4. The highest BCUT2D eigenvalue weighted by Crippen LogP contribution is 2.27. The molecule has 1 aromatic carbocycles. The summed E-state index contributed by atoms with van der Waals surface area (Å²) in [7, 11) is 2.18. The number of rotatable bonds is 3. The number of hydrogen-bond donors (Lipinski definition) is 1. The van der Waals surface area contributed by atoms with Gasteiger partial charge in [-0.25, -0.2) is 0 Å². The fourth-order valence-corrected chi connectivity index (χ4v) is 2.74. The van der Waals surface area contributed by atoms with Gasteiger partial charge in [-0.3, -0.25) is 0 Å². The summed E-state index contributed by atoms with van der Waals surface area (Å²) in [5, 5.41) is 3.39. The van der Waals surface area contributed by atoms with Crippen LogP contribution in [0.4, 0.5) is 5.69 Å². The fraction of sp³-hybridized carbons (Fsp3) is 0.571. The molecule has 1 unspecified atom stereocenters. The molecule has 1 saturated heterocycles. The van der Waals surface area contributed by atoms with Crippen LogP contribution in [0.5, 0.6) is 5.75 Å². The standard InChI is InChI=1S/C14H20N2O/c1-16-7-5-11(9-16)10-17-13-3-2-12-4-6-15-14(12)8-13/h2-3,8,11,15H,4-7,9-10H2,1H3. The van der Waals surface area contributed by atoms with Gasteiger partial charge in [0, 0.05) is 30.8 Å². The normalized spacial score (nSPS) is 23.5. The summed E-state index contributed by atoms with van der Waals surface area (Å²) in [5.41, 5.74) is 2.67. The summed E-state index contributed by atoms with van der Waals surface area (Å²) in [5.74, 6) is 1.70. The van der Waals surface area contributed by atoms with Crippen LogP contribution in [-0.4, -0.2) is 38.2 Å². The van der Waals surface area contributed by atoms with Crippen molar-refractivity contribution in [3.63, 3.8) is 0 Å². The van der Waals surface area contributed by atoms with E-state index in [9.17, 15) is 0 Å². The van der Waals surface area contributed by atoms with Gasteiger partial charge in [-0.05, 0) is 38.1 Å². The summed E-state index contributed by atoms with van der Waals surface area (Å²) in [4.78, 5) is 2.37. The maximum atomic E-state index is 5.90. The Bertz CT molecular complexity index is 405. The Morgan fingerprint density at radius 2 is 2.41 bits per heavy atom. The van der Waals surface area contributed by atoms with E-state index in [1.165, 1.54) is 30.8 Å². The van der Waals surface area contributed by atoms with Crippen LogP contribution in [0.2, 0.25) is 0 Å². The summed E-state index contributed by atoms with van der Waals surface area (Å²) in [6.07, 6.45) is 2.41. The van der Waals surface area contributed by atoms with Crippen LogP contribution in [0, 0.1) is 5.92 Å². The first kappa shape index (κ1) is 10.9. The molecular weight excluding hydrogens is 212 g/mol. The highest BCUT2D eigenvalue weighted by atomic mass is 16.5. The van der Waals surface area contributed by atoms with Gasteiger partial charge in [0.15, 0.2) is 0 Å². The topological polar surface area (TPSA) is 24.5 Å². The largest absolute Gasteiger partial charge is 0.493 e. The molecule has 1 fully saturated rings. The molecule has 3 heteroatoms. The second kappa shape index (κ2) is 4.57. The highest BCUT2D eigenvalue weighted by molar-refractivity contribution is 5.58. The van der Waals surface area contributed by atoms with E-state index in [0.717, 1.165) is 25.3 Å². The first-order valence-corrected chi connectivity index (χ1v) is 6.49. The number of ether oxygens (including phenoxy) is 1. The van der Waals surface area contributed by atoms with Crippen molar-refractivity contribution in [2.24, 2.45) is 5.92 Å². The van der Waals surface area contributed by atoms with Gasteiger partial charge in [0.05, 0.1) is 6.61 Å². The molecule has 2 aliphatic heterocycles. The van der Waals surface area contributed by atoms with Crippen LogP contribution in [-0.2, 0) is 6.42 Å². The molecule has 1 N–H and O–H groups in total. The van der Waals surface area contributed by atoms with Gasteiger partial charge in [0.2, 0.25) is 0 Å². The summed E-state index contributed by atoms with van der Waals surface area (Å²) in [6.45, 7) is 4.29. The molecule has 0 bridgehead atoms. The van der Waals surface area contributed by atoms with Gasteiger partial charge in [-0.2, -0.15) is 0 Å². The van der Waals surface area contributed by atoms with Gasteiger partial charge in [-0.1, -0.05) is 6.07 Å². The predicted molar refractivity (Wildman–Crippen MR) is 69.7 cm³/mol. The summed E-state index contributed by atoms with van der Waals surface area (Å²) in [6, 6.07) is 6.43. The number of nitrogens with one attached hydrogen (secondary N) is 1. The van der Waals surface area contributed by atoms with Crippen molar-refractivity contribution >= 4 is 5.69 Å². The number of likely N-dealkylation sites (tertiary alicyclic amines) is 1. The molecule has 1 atom stereocenters. The van der Waals surface area contributed by atoms with Crippen LogP contribution in [0.3, 0.4) is 0 Å². The lowest BCUT2D eigenvalue weighted by molar-refractivity contribution is 0.249. The van der Waals surface area contributed by atoms with Gasteiger partial charge in [0.25, 0.3) is 0 Å². The first-order valence-electron chi connectivity index (χ1n) is 6.49. The second-order valence-corrected chi connectivity index (χ2v) is 5.22.